The summed E-state index contributed by atoms with van der Waals surface area (Å²) in [6, 6.07) is 14.6. The SMILES string of the molecule is C[C@@H](OC(=O)CCOc1ccccc1)C(=O)NCc1ccc2c(c1)OCO2. The van der Waals surface area contributed by atoms with Gasteiger partial charge in [0.1, 0.15) is 5.75 Å². The van der Waals surface area contributed by atoms with E-state index in [0.717, 1.165) is 5.56 Å². The van der Waals surface area contributed by atoms with Crippen LogP contribution >= 0.6 is 0 Å². The topological polar surface area (TPSA) is 83.1 Å². The van der Waals surface area contributed by atoms with E-state index < -0.39 is 12.1 Å². The molecule has 0 bridgehead atoms. The van der Waals surface area contributed by atoms with E-state index in [9.17, 15) is 9.59 Å². The van der Waals surface area contributed by atoms with Crippen molar-refractivity contribution in [2.24, 2.45) is 0 Å². The van der Waals surface area contributed by atoms with Gasteiger partial charge in [0.2, 0.25) is 6.79 Å². The highest BCUT2D eigenvalue weighted by molar-refractivity contribution is 5.83. The minimum Gasteiger partial charge on any atom is -0.493 e. The molecular formula is C20H21NO6. The van der Waals surface area contributed by atoms with Crippen molar-refractivity contribution in [3.05, 3.63) is 54.1 Å². The Morgan fingerprint density at radius 3 is 2.70 bits per heavy atom. The first-order valence-electron chi connectivity index (χ1n) is 8.65. The molecule has 7 heteroatoms. The summed E-state index contributed by atoms with van der Waals surface area (Å²) in [5, 5.41) is 2.73. The van der Waals surface area contributed by atoms with Crippen LogP contribution in [0.1, 0.15) is 18.9 Å². The van der Waals surface area contributed by atoms with Gasteiger partial charge in [-0.05, 0) is 36.8 Å². The number of rotatable bonds is 8. The quantitative estimate of drug-likeness (QED) is 0.718. The number of nitrogens with one attached hydrogen (secondary N) is 1. The number of fused-ring (bicyclic) bond motifs is 1. The van der Waals surface area contributed by atoms with Gasteiger partial charge in [-0.25, -0.2) is 0 Å². The Kier molecular flexibility index (Phi) is 6.14. The molecule has 0 saturated heterocycles. The van der Waals surface area contributed by atoms with Gasteiger partial charge in [-0.2, -0.15) is 0 Å². The largest absolute Gasteiger partial charge is 0.493 e. The maximum Gasteiger partial charge on any atom is 0.310 e. The normalized spacial score (nSPS) is 12.9. The Balaban J connectivity index is 1.37. The van der Waals surface area contributed by atoms with Gasteiger partial charge in [0.25, 0.3) is 5.91 Å². The lowest BCUT2D eigenvalue weighted by molar-refractivity contribution is -0.155. The smallest absolute Gasteiger partial charge is 0.310 e. The molecule has 1 amide bonds. The summed E-state index contributed by atoms with van der Waals surface area (Å²) in [7, 11) is 0. The number of hydrogen-bond acceptors (Lipinski definition) is 6. The fourth-order valence-electron chi connectivity index (χ4n) is 2.46. The maximum absolute atomic E-state index is 12.1. The zero-order chi connectivity index (χ0) is 19.1. The van der Waals surface area contributed by atoms with Gasteiger partial charge in [0.15, 0.2) is 17.6 Å². The molecule has 27 heavy (non-hydrogen) atoms. The van der Waals surface area contributed by atoms with Crippen LogP contribution in [0.5, 0.6) is 17.2 Å². The number of ether oxygens (including phenoxy) is 4. The molecule has 1 heterocycles. The minimum absolute atomic E-state index is 0.0642. The molecular weight excluding hydrogens is 350 g/mol. The lowest BCUT2D eigenvalue weighted by atomic mass is 10.2. The molecule has 3 rings (SSSR count). The molecule has 2 aromatic rings. The van der Waals surface area contributed by atoms with Gasteiger partial charge >= 0.3 is 5.97 Å². The standard InChI is InChI=1S/C20H21NO6/c1-14(27-19(22)9-10-24-16-5-3-2-4-6-16)20(23)21-12-15-7-8-17-18(11-15)26-13-25-17/h2-8,11,14H,9-10,12-13H2,1H3,(H,21,23)/t14-/m1/s1. The van der Waals surface area contributed by atoms with Gasteiger partial charge in [-0.1, -0.05) is 24.3 Å². The van der Waals surface area contributed by atoms with E-state index in [1.807, 2.05) is 24.3 Å². The summed E-state index contributed by atoms with van der Waals surface area (Å²) in [5.74, 6) is 1.16. The van der Waals surface area contributed by atoms with Crippen LogP contribution < -0.4 is 19.5 Å². The predicted molar refractivity (Wildman–Crippen MR) is 96.5 cm³/mol. The highest BCUT2D eigenvalue weighted by Crippen LogP contribution is 2.32. The van der Waals surface area contributed by atoms with Crippen molar-refractivity contribution in [2.45, 2.75) is 26.0 Å². The fourth-order valence-corrected chi connectivity index (χ4v) is 2.46. The predicted octanol–water partition coefficient (Wildman–Crippen LogP) is 2.43. The van der Waals surface area contributed by atoms with Crippen molar-refractivity contribution < 1.29 is 28.5 Å². The first kappa shape index (κ1) is 18.6. The van der Waals surface area contributed by atoms with Gasteiger partial charge in [0.05, 0.1) is 13.0 Å². The number of esters is 1. The van der Waals surface area contributed by atoms with Crippen LogP contribution in [0.2, 0.25) is 0 Å². The van der Waals surface area contributed by atoms with E-state index in [4.69, 9.17) is 18.9 Å². The third-order valence-corrected chi connectivity index (χ3v) is 3.90. The number of para-hydroxylation sites is 1. The number of benzene rings is 2. The third kappa shape index (κ3) is 5.37. The van der Waals surface area contributed by atoms with E-state index in [-0.39, 0.29) is 25.7 Å². The lowest BCUT2D eigenvalue weighted by Gasteiger charge is -2.14. The summed E-state index contributed by atoms with van der Waals surface area (Å²) in [4.78, 5) is 23.9. The molecule has 0 aliphatic carbocycles. The first-order valence-corrected chi connectivity index (χ1v) is 8.65. The minimum atomic E-state index is -0.886. The molecule has 1 aliphatic rings. The van der Waals surface area contributed by atoms with Crippen LogP contribution in [0.15, 0.2) is 48.5 Å². The van der Waals surface area contributed by atoms with Crippen molar-refractivity contribution in [1.29, 1.82) is 0 Å². The second kappa shape index (κ2) is 8.93. The Hall–Kier alpha value is -3.22. The molecule has 1 atom stereocenters. The molecule has 0 unspecified atom stereocenters. The second-order valence-electron chi connectivity index (χ2n) is 5.95. The number of hydrogen-bond donors (Lipinski definition) is 1. The summed E-state index contributed by atoms with van der Waals surface area (Å²) < 4.78 is 21.1. The van der Waals surface area contributed by atoms with E-state index in [2.05, 4.69) is 5.32 Å². The molecule has 0 saturated carbocycles. The Morgan fingerprint density at radius 2 is 1.89 bits per heavy atom. The van der Waals surface area contributed by atoms with Crippen molar-refractivity contribution in [3.8, 4) is 17.2 Å². The van der Waals surface area contributed by atoms with Crippen molar-refractivity contribution in [3.63, 3.8) is 0 Å². The van der Waals surface area contributed by atoms with Gasteiger partial charge in [0, 0.05) is 6.54 Å². The monoisotopic (exact) mass is 371 g/mol. The van der Waals surface area contributed by atoms with E-state index in [0.29, 0.717) is 23.8 Å². The van der Waals surface area contributed by atoms with Gasteiger partial charge in [-0.3, -0.25) is 9.59 Å². The third-order valence-electron chi connectivity index (χ3n) is 3.90. The second-order valence-corrected chi connectivity index (χ2v) is 5.95. The molecule has 2 aromatic carbocycles. The average Bonchev–Trinajstić information content (AvgIpc) is 3.14. The molecule has 1 N–H and O–H groups in total. The molecule has 1 aliphatic heterocycles. The zero-order valence-corrected chi connectivity index (χ0v) is 15.0. The number of amides is 1. The maximum atomic E-state index is 12.1. The van der Waals surface area contributed by atoms with E-state index in [1.54, 1.807) is 24.3 Å². The summed E-state index contributed by atoms with van der Waals surface area (Å²) in [6.07, 6.45) is -0.822. The molecule has 0 aromatic heterocycles. The van der Waals surface area contributed by atoms with Crippen LogP contribution in [0.3, 0.4) is 0 Å². The molecule has 0 spiro atoms. The number of carbonyl (C=O) groups excluding carboxylic acids is 2. The van der Waals surface area contributed by atoms with Crippen molar-refractivity contribution in [2.75, 3.05) is 13.4 Å². The highest BCUT2D eigenvalue weighted by Gasteiger charge is 2.18. The van der Waals surface area contributed by atoms with Crippen LogP contribution in [0.4, 0.5) is 0 Å². The highest BCUT2D eigenvalue weighted by atomic mass is 16.7. The van der Waals surface area contributed by atoms with Crippen LogP contribution in [-0.2, 0) is 20.9 Å². The number of carbonyl (C=O) groups is 2. The summed E-state index contributed by atoms with van der Waals surface area (Å²) >= 11 is 0. The van der Waals surface area contributed by atoms with Crippen molar-refractivity contribution in [1.82, 2.24) is 5.32 Å². The summed E-state index contributed by atoms with van der Waals surface area (Å²) in [5.41, 5.74) is 0.863. The zero-order valence-electron chi connectivity index (χ0n) is 15.0. The van der Waals surface area contributed by atoms with E-state index >= 15 is 0 Å². The average molecular weight is 371 g/mol. The first-order chi connectivity index (χ1) is 13.1. The Morgan fingerprint density at radius 1 is 1.11 bits per heavy atom. The lowest BCUT2D eigenvalue weighted by Crippen LogP contribution is -2.35. The van der Waals surface area contributed by atoms with Crippen LogP contribution in [0, 0.1) is 0 Å². The molecule has 142 valence electrons. The van der Waals surface area contributed by atoms with Crippen LogP contribution in [0.25, 0.3) is 0 Å². The Bertz CT molecular complexity index is 792. The Labute approximate surface area is 157 Å². The van der Waals surface area contributed by atoms with Crippen molar-refractivity contribution >= 4 is 11.9 Å². The van der Waals surface area contributed by atoms with Gasteiger partial charge in [-0.15, -0.1) is 0 Å². The van der Waals surface area contributed by atoms with Crippen LogP contribution in [-0.4, -0.2) is 31.4 Å². The van der Waals surface area contributed by atoms with Gasteiger partial charge < -0.3 is 24.3 Å². The molecule has 0 fully saturated rings. The molecule has 0 radical (unpaired) electrons. The summed E-state index contributed by atoms with van der Waals surface area (Å²) in [6.45, 7) is 2.22. The van der Waals surface area contributed by atoms with E-state index in [1.165, 1.54) is 6.92 Å². The fraction of sp³-hybridized carbons (Fsp3) is 0.300. The molecule has 7 nitrogen and oxygen atoms in total.